The number of aromatic nitrogens is 2. The molecule has 4 aromatic rings. The number of nitrogens with zero attached hydrogens (tertiary/aromatic N) is 3. The van der Waals surface area contributed by atoms with Crippen LogP contribution in [0.3, 0.4) is 0 Å². The number of amides is 2. The Morgan fingerprint density at radius 3 is 2.38 bits per heavy atom. The van der Waals surface area contributed by atoms with E-state index in [4.69, 9.17) is 28.2 Å². The Labute approximate surface area is 234 Å². The van der Waals surface area contributed by atoms with Crippen LogP contribution in [0.15, 0.2) is 71.5 Å². The number of benzene rings is 3. The number of hydrogen-bond acceptors (Lipinski definition) is 5. The van der Waals surface area contributed by atoms with E-state index in [-0.39, 0.29) is 29.3 Å². The number of para-hydroxylation sites is 2. The summed E-state index contributed by atoms with van der Waals surface area (Å²) in [6.07, 6.45) is 0.659. The van der Waals surface area contributed by atoms with Crippen LogP contribution in [0.2, 0.25) is 10.0 Å². The Morgan fingerprint density at radius 2 is 1.64 bits per heavy atom. The first-order valence-corrected chi connectivity index (χ1v) is 13.7. The van der Waals surface area contributed by atoms with E-state index in [0.717, 1.165) is 5.56 Å². The molecule has 0 radical (unpaired) electrons. The van der Waals surface area contributed by atoms with Crippen molar-refractivity contribution < 1.29 is 9.59 Å². The highest BCUT2D eigenvalue weighted by atomic mass is 35.5. The number of carbonyl (C=O) groups is 2. The first-order valence-electron chi connectivity index (χ1n) is 13.0. The van der Waals surface area contributed by atoms with Gasteiger partial charge in [0.1, 0.15) is 11.4 Å². The molecule has 3 aliphatic heterocycles. The average molecular weight is 559 g/mol. The van der Waals surface area contributed by atoms with Gasteiger partial charge in [0, 0.05) is 21.7 Å². The Hall–Kier alpha value is -3.52. The summed E-state index contributed by atoms with van der Waals surface area (Å²) < 4.78 is 1.61. The lowest BCUT2D eigenvalue weighted by atomic mass is 9.75. The molecule has 7 nitrogen and oxygen atoms in total. The molecule has 0 saturated carbocycles. The van der Waals surface area contributed by atoms with Gasteiger partial charge >= 0.3 is 0 Å². The van der Waals surface area contributed by atoms with Crippen LogP contribution in [0.5, 0.6) is 0 Å². The van der Waals surface area contributed by atoms with Crippen molar-refractivity contribution in [3.63, 3.8) is 0 Å². The first-order chi connectivity index (χ1) is 18.7. The summed E-state index contributed by atoms with van der Waals surface area (Å²) >= 11 is 12.6. The van der Waals surface area contributed by atoms with Gasteiger partial charge in [-0.15, -0.1) is 0 Å². The van der Waals surface area contributed by atoms with Gasteiger partial charge in [0.15, 0.2) is 0 Å². The number of fused-ring (bicyclic) bond motifs is 8. The average Bonchev–Trinajstić information content (AvgIpc) is 3.46. The highest BCUT2D eigenvalue weighted by Gasteiger charge is 2.69. The maximum absolute atomic E-state index is 14.4. The lowest BCUT2D eigenvalue weighted by molar-refractivity contribution is -0.123. The van der Waals surface area contributed by atoms with Crippen LogP contribution in [0, 0.1) is 17.8 Å². The van der Waals surface area contributed by atoms with E-state index in [1.807, 2.05) is 36.4 Å². The van der Waals surface area contributed by atoms with Crippen molar-refractivity contribution in [1.82, 2.24) is 14.9 Å². The Morgan fingerprint density at radius 1 is 0.949 bits per heavy atom. The minimum Gasteiger partial charge on any atom is -0.297 e. The smallest absolute Gasteiger partial charge is 0.266 e. The topological polar surface area (TPSA) is 84.3 Å². The molecule has 1 N–H and O–H groups in total. The van der Waals surface area contributed by atoms with Gasteiger partial charge in [0.25, 0.3) is 5.56 Å². The van der Waals surface area contributed by atoms with Gasteiger partial charge < -0.3 is 0 Å². The second-order valence-corrected chi connectivity index (χ2v) is 11.8. The van der Waals surface area contributed by atoms with Gasteiger partial charge in [0.2, 0.25) is 11.8 Å². The van der Waals surface area contributed by atoms with E-state index < -0.39 is 17.4 Å². The maximum atomic E-state index is 14.4. The summed E-state index contributed by atoms with van der Waals surface area (Å²) in [4.78, 5) is 48.7. The summed E-state index contributed by atoms with van der Waals surface area (Å²) in [7, 11) is 0. The number of rotatable bonds is 3. The third-order valence-corrected chi connectivity index (χ3v) is 8.63. The monoisotopic (exact) mass is 558 g/mol. The fourth-order valence-corrected chi connectivity index (χ4v) is 7.37. The van der Waals surface area contributed by atoms with Gasteiger partial charge in [-0.25, -0.2) is 9.88 Å². The van der Waals surface area contributed by atoms with Crippen LogP contribution >= 0.6 is 23.2 Å². The quantitative estimate of drug-likeness (QED) is 0.355. The SMILES string of the molecule is CC(C)C[C@H]1N[C@]2(c3ccccc3-n3c2nc2ccccc2c3=O)[C@H]2C(=O)N(c3cc(Cl)cc(Cl)c3)C(=O)[C@@H]12. The standard InChI is InChI=1S/C30H24Cl2N4O3/c1-15(2)11-22-24-25(28(39)35(27(24)38)18-13-16(31)12-17(32)14-18)30(34-22)20-8-4-6-10-23(20)36-26(37)19-7-3-5-9-21(19)33-29(30)36/h3-10,12-15,22,24-25,34H,11H2,1-2H3/t22-,24+,25-,30-/m1/s1. The summed E-state index contributed by atoms with van der Waals surface area (Å²) in [6.45, 7) is 4.18. The number of anilines is 1. The molecule has 9 heteroatoms. The summed E-state index contributed by atoms with van der Waals surface area (Å²) in [5, 5.41) is 4.87. The van der Waals surface area contributed by atoms with Gasteiger partial charge in [-0.2, -0.15) is 0 Å². The third-order valence-electron chi connectivity index (χ3n) is 8.19. The number of imide groups is 1. The molecule has 2 fully saturated rings. The number of nitrogens with one attached hydrogen (secondary N) is 1. The van der Waals surface area contributed by atoms with Gasteiger partial charge in [-0.3, -0.25) is 24.3 Å². The molecule has 2 amide bonds. The van der Waals surface area contributed by atoms with E-state index in [2.05, 4.69) is 19.2 Å². The summed E-state index contributed by atoms with van der Waals surface area (Å²) in [6, 6.07) is 19.1. The number of halogens is 2. The van der Waals surface area contributed by atoms with Crippen LogP contribution < -0.4 is 15.8 Å². The van der Waals surface area contributed by atoms with E-state index in [1.54, 1.807) is 34.9 Å². The first kappa shape index (κ1) is 24.5. The molecule has 3 aromatic carbocycles. The minimum atomic E-state index is -1.17. The van der Waals surface area contributed by atoms with E-state index in [9.17, 15) is 14.4 Å². The second-order valence-electron chi connectivity index (χ2n) is 10.9. The normalized spacial score (nSPS) is 25.2. The van der Waals surface area contributed by atoms with Gasteiger partial charge in [0.05, 0.1) is 34.1 Å². The van der Waals surface area contributed by atoms with Crippen molar-refractivity contribution in [3.05, 3.63) is 98.5 Å². The minimum absolute atomic E-state index is 0.208. The molecule has 0 unspecified atom stereocenters. The van der Waals surface area contributed by atoms with E-state index >= 15 is 0 Å². The summed E-state index contributed by atoms with van der Waals surface area (Å²) in [5.74, 6) is -1.49. The van der Waals surface area contributed by atoms with E-state index in [1.165, 1.54) is 4.90 Å². The number of carbonyl (C=O) groups excluding carboxylic acids is 2. The van der Waals surface area contributed by atoms with Crippen LogP contribution in [-0.4, -0.2) is 27.4 Å². The molecule has 1 aromatic heterocycles. The van der Waals surface area contributed by atoms with Crippen LogP contribution in [0.25, 0.3) is 16.6 Å². The fraction of sp³-hybridized carbons (Fsp3) is 0.267. The lowest BCUT2D eigenvalue weighted by Gasteiger charge is -2.32. The van der Waals surface area contributed by atoms with Crippen molar-refractivity contribution in [1.29, 1.82) is 0 Å². The lowest BCUT2D eigenvalue weighted by Crippen LogP contribution is -2.50. The number of hydrogen-bond donors (Lipinski definition) is 1. The van der Waals surface area contributed by atoms with Crippen molar-refractivity contribution in [2.24, 2.45) is 17.8 Å². The molecule has 3 aliphatic rings. The molecule has 2 saturated heterocycles. The molecule has 0 aliphatic carbocycles. The molecule has 4 atom stereocenters. The van der Waals surface area contributed by atoms with Crippen molar-refractivity contribution in [2.75, 3.05) is 4.90 Å². The molecule has 7 rings (SSSR count). The predicted octanol–water partition coefficient (Wildman–Crippen LogP) is 5.07. The van der Waals surface area contributed by atoms with Gasteiger partial charge in [-0.1, -0.05) is 67.4 Å². The van der Waals surface area contributed by atoms with Crippen molar-refractivity contribution >= 4 is 51.6 Å². The largest absolute Gasteiger partial charge is 0.297 e. The molecule has 196 valence electrons. The highest BCUT2D eigenvalue weighted by Crippen LogP contribution is 2.56. The van der Waals surface area contributed by atoms with Crippen LogP contribution in [-0.2, 0) is 15.1 Å². The van der Waals surface area contributed by atoms with Crippen LogP contribution in [0.1, 0.15) is 31.7 Å². The zero-order valence-electron chi connectivity index (χ0n) is 21.2. The Bertz CT molecular complexity index is 1760. The zero-order chi connectivity index (χ0) is 27.2. The Kier molecular flexibility index (Phi) is 5.34. The fourth-order valence-electron chi connectivity index (χ4n) is 6.85. The van der Waals surface area contributed by atoms with Crippen molar-refractivity contribution in [3.8, 4) is 5.69 Å². The third kappa shape index (κ3) is 3.27. The molecule has 4 heterocycles. The predicted molar refractivity (Wildman–Crippen MR) is 150 cm³/mol. The Balaban J connectivity index is 1.52. The van der Waals surface area contributed by atoms with Crippen LogP contribution in [0.4, 0.5) is 5.69 Å². The maximum Gasteiger partial charge on any atom is 0.266 e. The molecule has 39 heavy (non-hydrogen) atoms. The zero-order valence-corrected chi connectivity index (χ0v) is 22.7. The second kappa shape index (κ2) is 8.49. The molecular formula is C30H24Cl2N4O3. The van der Waals surface area contributed by atoms with Gasteiger partial charge in [-0.05, 0) is 48.7 Å². The molecular weight excluding hydrogens is 535 g/mol. The van der Waals surface area contributed by atoms with E-state index in [0.29, 0.717) is 44.6 Å². The molecule has 1 spiro atoms. The van der Waals surface area contributed by atoms with Crippen molar-refractivity contribution in [2.45, 2.75) is 31.8 Å². The summed E-state index contributed by atoms with van der Waals surface area (Å²) in [5.41, 5.74) is 0.927. The highest BCUT2D eigenvalue weighted by molar-refractivity contribution is 6.35. The molecule has 0 bridgehead atoms.